The number of carbonyl (C=O) groups excluding carboxylic acids is 1. The fraction of sp³-hybridized carbons (Fsp3) is 0.643. The highest BCUT2D eigenvalue weighted by molar-refractivity contribution is 5.97. The van der Waals surface area contributed by atoms with Gasteiger partial charge in [-0.15, -0.1) is 0 Å². The number of rotatable bonds is 8. The first-order valence-corrected chi connectivity index (χ1v) is 7.35. The maximum atomic E-state index is 12.2. The van der Waals surface area contributed by atoms with E-state index in [2.05, 4.69) is 10.2 Å². The van der Waals surface area contributed by atoms with Crippen molar-refractivity contribution in [1.29, 1.82) is 5.26 Å². The van der Waals surface area contributed by atoms with Gasteiger partial charge < -0.3 is 21.1 Å². The van der Waals surface area contributed by atoms with Gasteiger partial charge in [-0.1, -0.05) is 0 Å². The maximum Gasteiger partial charge on any atom is 0.303 e. The van der Waals surface area contributed by atoms with E-state index in [1.165, 1.54) is 6.20 Å². The molecule has 1 amide bonds. The molecule has 4 N–H and O–H groups in total. The number of hydrogen-bond donors (Lipinski definition) is 3. The van der Waals surface area contributed by atoms with Crippen molar-refractivity contribution >= 4 is 11.9 Å². The van der Waals surface area contributed by atoms with Crippen molar-refractivity contribution in [3.05, 3.63) is 11.8 Å². The fourth-order valence-corrected chi connectivity index (χ4v) is 2.19. The van der Waals surface area contributed by atoms with Crippen LogP contribution in [0.3, 0.4) is 0 Å². The van der Waals surface area contributed by atoms with Gasteiger partial charge >= 0.3 is 5.97 Å². The zero-order chi connectivity index (χ0) is 16.4. The molecular weight excluding hydrogens is 286 g/mol. The third kappa shape index (κ3) is 6.11. The molecule has 0 aromatic carbocycles. The third-order valence-corrected chi connectivity index (χ3v) is 3.41. The minimum absolute atomic E-state index is 0.0441. The number of hydrogen-bond acceptors (Lipinski definition) is 6. The first kappa shape index (κ1) is 17.9. The lowest BCUT2D eigenvalue weighted by Gasteiger charge is -2.34. The summed E-state index contributed by atoms with van der Waals surface area (Å²) >= 11 is 0. The Morgan fingerprint density at radius 1 is 1.32 bits per heavy atom. The molecule has 8 nitrogen and oxygen atoms in total. The van der Waals surface area contributed by atoms with Crippen LogP contribution in [-0.2, 0) is 9.59 Å². The number of aliphatic carboxylic acids is 1. The van der Waals surface area contributed by atoms with Crippen LogP contribution < -0.4 is 11.1 Å². The summed E-state index contributed by atoms with van der Waals surface area (Å²) in [5.41, 5.74) is 5.55. The number of carboxylic acids is 1. The predicted molar refractivity (Wildman–Crippen MR) is 80.6 cm³/mol. The Morgan fingerprint density at radius 2 is 2.00 bits per heavy atom. The van der Waals surface area contributed by atoms with Crippen LogP contribution in [0.15, 0.2) is 11.8 Å². The summed E-state index contributed by atoms with van der Waals surface area (Å²) in [5.74, 6) is -1.15. The van der Waals surface area contributed by atoms with Crippen LogP contribution in [0.5, 0.6) is 0 Å². The van der Waals surface area contributed by atoms with Gasteiger partial charge in [-0.25, -0.2) is 0 Å². The number of piperazine rings is 1. The summed E-state index contributed by atoms with van der Waals surface area (Å²) in [6, 6.07) is 1.89. The molecule has 0 bridgehead atoms. The van der Waals surface area contributed by atoms with Gasteiger partial charge in [0.2, 0.25) is 0 Å². The van der Waals surface area contributed by atoms with E-state index in [4.69, 9.17) is 16.1 Å². The van der Waals surface area contributed by atoms with Gasteiger partial charge in [-0.05, 0) is 6.42 Å². The quantitative estimate of drug-likeness (QED) is 0.297. The SMILES string of the molecule is N#C/C(=C/NCCCC(=O)O)C(=O)N1CCN(CCN)CC1. The van der Waals surface area contributed by atoms with Crippen LogP contribution in [-0.4, -0.2) is 72.6 Å². The molecule has 0 atom stereocenters. The maximum absolute atomic E-state index is 12.2. The number of nitrogens with one attached hydrogen (secondary N) is 1. The minimum atomic E-state index is -0.863. The van der Waals surface area contributed by atoms with E-state index in [0.717, 1.165) is 19.6 Å². The van der Waals surface area contributed by atoms with E-state index < -0.39 is 5.97 Å². The number of carbonyl (C=O) groups is 2. The lowest BCUT2D eigenvalue weighted by Crippen LogP contribution is -2.50. The van der Waals surface area contributed by atoms with Crippen molar-refractivity contribution in [2.45, 2.75) is 12.8 Å². The van der Waals surface area contributed by atoms with E-state index in [1.807, 2.05) is 6.07 Å². The normalized spacial score (nSPS) is 16.2. The summed E-state index contributed by atoms with van der Waals surface area (Å²) in [6.07, 6.45) is 1.87. The third-order valence-electron chi connectivity index (χ3n) is 3.41. The molecule has 1 aliphatic heterocycles. The molecule has 0 aromatic rings. The second-order valence-corrected chi connectivity index (χ2v) is 5.04. The fourth-order valence-electron chi connectivity index (χ4n) is 2.19. The van der Waals surface area contributed by atoms with Gasteiger partial charge in [-0.3, -0.25) is 14.5 Å². The van der Waals surface area contributed by atoms with Crippen LogP contribution >= 0.6 is 0 Å². The summed E-state index contributed by atoms with van der Waals surface area (Å²) in [7, 11) is 0. The van der Waals surface area contributed by atoms with Crippen molar-refractivity contribution in [2.24, 2.45) is 5.73 Å². The van der Waals surface area contributed by atoms with Gasteiger partial charge in [0.15, 0.2) is 0 Å². The topological polar surface area (TPSA) is 123 Å². The molecule has 1 aliphatic rings. The largest absolute Gasteiger partial charge is 0.481 e. The number of nitrogens with zero attached hydrogens (tertiary/aromatic N) is 3. The van der Waals surface area contributed by atoms with Crippen molar-refractivity contribution in [1.82, 2.24) is 15.1 Å². The highest BCUT2D eigenvalue weighted by atomic mass is 16.4. The molecule has 0 unspecified atom stereocenters. The lowest BCUT2D eigenvalue weighted by molar-refractivity contribution is -0.137. The van der Waals surface area contributed by atoms with Crippen LogP contribution in [0.4, 0.5) is 0 Å². The smallest absolute Gasteiger partial charge is 0.303 e. The van der Waals surface area contributed by atoms with Gasteiger partial charge in [-0.2, -0.15) is 5.26 Å². The Kier molecular flexibility index (Phi) is 7.96. The molecule has 1 rings (SSSR count). The van der Waals surface area contributed by atoms with Crippen LogP contribution in [0, 0.1) is 11.3 Å². The van der Waals surface area contributed by atoms with Gasteiger partial charge in [0.1, 0.15) is 11.6 Å². The number of nitrogens with two attached hydrogens (primary N) is 1. The average Bonchev–Trinajstić information content (AvgIpc) is 2.51. The highest BCUT2D eigenvalue weighted by Crippen LogP contribution is 2.06. The van der Waals surface area contributed by atoms with E-state index in [-0.39, 0.29) is 17.9 Å². The van der Waals surface area contributed by atoms with E-state index in [1.54, 1.807) is 4.90 Å². The van der Waals surface area contributed by atoms with Gasteiger partial charge in [0, 0.05) is 58.4 Å². The highest BCUT2D eigenvalue weighted by Gasteiger charge is 2.23. The van der Waals surface area contributed by atoms with E-state index in [0.29, 0.717) is 32.6 Å². The molecule has 1 heterocycles. The van der Waals surface area contributed by atoms with Crippen molar-refractivity contribution < 1.29 is 14.7 Å². The molecule has 0 saturated carbocycles. The molecule has 1 saturated heterocycles. The molecule has 0 aromatic heterocycles. The average molecular weight is 309 g/mol. The van der Waals surface area contributed by atoms with Crippen molar-refractivity contribution in [3.8, 4) is 6.07 Å². The Hall–Kier alpha value is -2.11. The van der Waals surface area contributed by atoms with Gasteiger partial charge in [0.25, 0.3) is 5.91 Å². The Morgan fingerprint density at radius 3 is 2.55 bits per heavy atom. The molecule has 0 aliphatic carbocycles. The molecule has 0 radical (unpaired) electrons. The molecule has 22 heavy (non-hydrogen) atoms. The lowest BCUT2D eigenvalue weighted by atomic mass is 10.2. The molecular formula is C14H23N5O3. The second kappa shape index (κ2) is 9.76. The molecule has 122 valence electrons. The summed E-state index contributed by atoms with van der Waals surface area (Å²) in [6.45, 7) is 4.50. The standard InChI is InChI=1S/C14H23N5O3/c15-3-5-18-6-8-19(9-7-18)14(22)12(10-16)11-17-4-1-2-13(20)21/h11,17H,1-9,15H2,(H,20,21)/b12-11-. The first-order chi connectivity index (χ1) is 10.6. The number of amides is 1. The van der Waals surface area contributed by atoms with Gasteiger partial charge in [0.05, 0.1) is 0 Å². The Bertz CT molecular complexity index is 450. The van der Waals surface area contributed by atoms with Crippen LogP contribution in [0.2, 0.25) is 0 Å². The van der Waals surface area contributed by atoms with Crippen LogP contribution in [0.25, 0.3) is 0 Å². The summed E-state index contributed by atoms with van der Waals surface area (Å²) in [5, 5.41) is 20.4. The van der Waals surface area contributed by atoms with E-state index >= 15 is 0 Å². The first-order valence-electron chi connectivity index (χ1n) is 7.35. The number of carboxylic acid groups (broad SMARTS) is 1. The monoisotopic (exact) mass is 309 g/mol. The van der Waals surface area contributed by atoms with Crippen molar-refractivity contribution in [3.63, 3.8) is 0 Å². The summed E-state index contributed by atoms with van der Waals surface area (Å²) < 4.78 is 0. The zero-order valence-corrected chi connectivity index (χ0v) is 12.6. The zero-order valence-electron chi connectivity index (χ0n) is 12.6. The molecule has 1 fully saturated rings. The van der Waals surface area contributed by atoms with E-state index in [9.17, 15) is 9.59 Å². The Labute approximate surface area is 130 Å². The van der Waals surface area contributed by atoms with Crippen molar-refractivity contribution in [2.75, 3.05) is 45.8 Å². The molecule has 0 spiro atoms. The second-order valence-electron chi connectivity index (χ2n) is 5.04. The summed E-state index contributed by atoms with van der Waals surface area (Å²) in [4.78, 5) is 26.4. The Balaban J connectivity index is 2.41. The van der Waals surface area contributed by atoms with Crippen LogP contribution in [0.1, 0.15) is 12.8 Å². The minimum Gasteiger partial charge on any atom is -0.481 e. The predicted octanol–water partition coefficient (Wildman–Crippen LogP) is -1.05. The molecule has 8 heteroatoms. The number of nitriles is 1.